The van der Waals surface area contributed by atoms with E-state index in [4.69, 9.17) is 22.1 Å². The highest BCUT2D eigenvalue weighted by atomic mass is 35.5. The van der Waals surface area contributed by atoms with Gasteiger partial charge in [-0.3, -0.25) is 9.48 Å². The summed E-state index contributed by atoms with van der Waals surface area (Å²) in [6, 6.07) is 4.96. The lowest BCUT2D eigenvalue weighted by Gasteiger charge is -2.08. The fourth-order valence-electron chi connectivity index (χ4n) is 1.59. The van der Waals surface area contributed by atoms with Gasteiger partial charge in [-0.1, -0.05) is 11.6 Å². The SMILES string of the molecule is COc1ccc(Cl)c(NC(=O)c2nn(C)cc2N)c1. The Balaban J connectivity index is 2.26. The Hall–Kier alpha value is -2.21. The number of methoxy groups -OCH3 is 1. The zero-order chi connectivity index (χ0) is 14.0. The highest BCUT2D eigenvalue weighted by Gasteiger charge is 2.15. The normalized spacial score (nSPS) is 10.3. The number of carbonyl (C=O) groups is 1. The zero-order valence-corrected chi connectivity index (χ0v) is 11.2. The fraction of sp³-hybridized carbons (Fsp3) is 0.167. The number of aryl methyl sites for hydroxylation is 1. The van der Waals surface area contributed by atoms with E-state index in [1.807, 2.05) is 0 Å². The van der Waals surface area contributed by atoms with E-state index in [1.54, 1.807) is 31.4 Å². The Morgan fingerprint density at radius 1 is 1.53 bits per heavy atom. The zero-order valence-electron chi connectivity index (χ0n) is 10.5. The summed E-state index contributed by atoms with van der Waals surface area (Å²) < 4.78 is 6.54. The summed E-state index contributed by atoms with van der Waals surface area (Å²) in [4.78, 5) is 12.0. The van der Waals surface area contributed by atoms with Crippen LogP contribution >= 0.6 is 11.6 Å². The maximum Gasteiger partial charge on any atom is 0.278 e. The van der Waals surface area contributed by atoms with Crippen LogP contribution < -0.4 is 15.8 Å². The number of hydrogen-bond donors (Lipinski definition) is 2. The molecule has 0 aliphatic rings. The van der Waals surface area contributed by atoms with Crippen molar-refractivity contribution in [2.45, 2.75) is 0 Å². The highest BCUT2D eigenvalue weighted by molar-refractivity contribution is 6.34. The molecule has 0 fully saturated rings. The smallest absolute Gasteiger partial charge is 0.278 e. The van der Waals surface area contributed by atoms with Crippen molar-refractivity contribution in [3.63, 3.8) is 0 Å². The molecule has 0 saturated heterocycles. The van der Waals surface area contributed by atoms with Crippen LogP contribution in [-0.4, -0.2) is 22.8 Å². The van der Waals surface area contributed by atoms with Crippen molar-refractivity contribution in [3.8, 4) is 5.75 Å². The number of benzene rings is 1. The summed E-state index contributed by atoms with van der Waals surface area (Å²) in [6.07, 6.45) is 1.56. The highest BCUT2D eigenvalue weighted by Crippen LogP contribution is 2.27. The van der Waals surface area contributed by atoms with E-state index < -0.39 is 5.91 Å². The molecule has 0 atom stereocenters. The number of anilines is 2. The number of nitrogen functional groups attached to an aromatic ring is 1. The van der Waals surface area contributed by atoms with Crippen molar-refractivity contribution in [1.29, 1.82) is 0 Å². The molecule has 19 heavy (non-hydrogen) atoms. The summed E-state index contributed by atoms with van der Waals surface area (Å²) in [5, 5.41) is 7.04. The molecule has 0 radical (unpaired) electrons. The second-order valence-corrected chi connectivity index (χ2v) is 4.31. The van der Waals surface area contributed by atoms with Crippen molar-refractivity contribution in [2.24, 2.45) is 7.05 Å². The maximum absolute atomic E-state index is 12.0. The first-order chi connectivity index (χ1) is 9.01. The van der Waals surface area contributed by atoms with Crippen molar-refractivity contribution in [2.75, 3.05) is 18.2 Å². The summed E-state index contributed by atoms with van der Waals surface area (Å²) >= 11 is 6.00. The number of carbonyl (C=O) groups excluding carboxylic acids is 1. The van der Waals surface area contributed by atoms with Crippen LogP contribution in [0.1, 0.15) is 10.5 Å². The molecule has 0 unspecified atom stereocenters. The van der Waals surface area contributed by atoms with Gasteiger partial charge in [0.2, 0.25) is 0 Å². The lowest BCUT2D eigenvalue weighted by molar-refractivity contribution is 0.102. The predicted molar refractivity (Wildman–Crippen MR) is 73.6 cm³/mol. The van der Waals surface area contributed by atoms with Gasteiger partial charge in [-0.25, -0.2) is 0 Å². The van der Waals surface area contributed by atoms with Gasteiger partial charge < -0.3 is 15.8 Å². The van der Waals surface area contributed by atoms with E-state index >= 15 is 0 Å². The topological polar surface area (TPSA) is 82.2 Å². The molecule has 100 valence electrons. The van der Waals surface area contributed by atoms with Gasteiger partial charge in [0.15, 0.2) is 5.69 Å². The van der Waals surface area contributed by atoms with Gasteiger partial charge in [0.25, 0.3) is 5.91 Å². The third-order valence-corrected chi connectivity index (χ3v) is 2.82. The first-order valence-electron chi connectivity index (χ1n) is 5.45. The molecular weight excluding hydrogens is 268 g/mol. The van der Waals surface area contributed by atoms with Crippen molar-refractivity contribution in [1.82, 2.24) is 9.78 Å². The number of hydrogen-bond acceptors (Lipinski definition) is 4. The molecule has 1 aromatic carbocycles. The molecule has 3 N–H and O–H groups in total. The fourth-order valence-corrected chi connectivity index (χ4v) is 1.76. The minimum atomic E-state index is -0.423. The van der Waals surface area contributed by atoms with E-state index in [9.17, 15) is 4.79 Å². The standard InChI is InChI=1S/C12H13ClN4O2/c1-17-6-9(14)11(16-17)12(18)15-10-5-7(19-2)3-4-8(10)13/h3-6H,14H2,1-2H3,(H,15,18). The molecule has 0 saturated carbocycles. The number of amides is 1. The number of rotatable bonds is 3. The van der Waals surface area contributed by atoms with Gasteiger partial charge in [-0.05, 0) is 12.1 Å². The number of ether oxygens (including phenoxy) is 1. The molecule has 1 amide bonds. The summed E-state index contributed by atoms with van der Waals surface area (Å²) in [6.45, 7) is 0. The van der Waals surface area contributed by atoms with Crippen LogP contribution in [0.3, 0.4) is 0 Å². The number of halogens is 1. The molecule has 2 rings (SSSR count). The van der Waals surface area contributed by atoms with E-state index in [0.29, 0.717) is 22.1 Å². The van der Waals surface area contributed by atoms with Gasteiger partial charge in [0.05, 0.1) is 23.5 Å². The predicted octanol–water partition coefficient (Wildman–Crippen LogP) is 1.92. The first-order valence-corrected chi connectivity index (χ1v) is 5.83. The molecule has 1 heterocycles. The van der Waals surface area contributed by atoms with Crippen molar-refractivity contribution >= 4 is 28.9 Å². The third kappa shape index (κ3) is 2.79. The largest absolute Gasteiger partial charge is 0.497 e. The van der Waals surface area contributed by atoms with Gasteiger partial charge in [-0.15, -0.1) is 0 Å². The third-order valence-electron chi connectivity index (χ3n) is 2.49. The second-order valence-electron chi connectivity index (χ2n) is 3.91. The Morgan fingerprint density at radius 2 is 2.26 bits per heavy atom. The van der Waals surface area contributed by atoms with E-state index in [2.05, 4.69) is 10.4 Å². The van der Waals surface area contributed by atoms with E-state index in [-0.39, 0.29) is 5.69 Å². The Bertz CT molecular complexity index is 624. The molecule has 0 spiro atoms. The van der Waals surface area contributed by atoms with Gasteiger partial charge >= 0.3 is 0 Å². The number of nitrogens with one attached hydrogen (secondary N) is 1. The van der Waals surface area contributed by atoms with Crippen molar-refractivity contribution < 1.29 is 9.53 Å². The van der Waals surface area contributed by atoms with Crippen molar-refractivity contribution in [3.05, 3.63) is 35.1 Å². The average Bonchev–Trinajstić information content (AvgIpc) is 2.71. The van der Waals surface area contributed by atoms with Crippen LogP contribution in [-0.2, 0) is 7.05 Å². The number of nitrogens with two attached hydrogens (primary N) is 1. The summed E-state index contributed by atoms with van der Waals surface area (Å²) in [5.41, 5.74) is 6.59. The van der Waals surface area contributed by atoms with Crippen LogP contribution in [0, 0.1) is 0 Å². The second kappa shape index (κ2) is 5.19. The van der Waals surface area contributed by atoms with Crippen LogP contribution in [0.2, 0.25) is 5.02 Å². The van der Waals surface area contributed by atoms with Crippen LogP contribution in [0.15, 0.2) is 24.4 Å². The minimum Gasteiger partial charge on any atom is -0.497 e. The van der Waals surface area contributed by atoms with Gasteiger partial charge in [0, 0.05) is 19.3 Å². The molecular formula is C12H13ClN4O2. The average molecular weight is 281 g/mol. The van der Waals surface area contributed by atoms with Crippen LogP contribution in [0.25, 0.3) is 0 Å². The molecule has 6 nitrogen and oxygen atoms in total. The molecule has 0 aliphatic carbocycles. The monoisotopic (exact) mass is 280 g/mol. The quantitative estimate of drug-likeness (QED) is 0.900. The first kappa shape index (κ1) is 13.2. The number of nitrogens with zero attached hydrogens (tertiary/aromatic N) is 2. The lowest BCUT2D eigenvalue weighted by Crippen LogP contribution is -2.15. The van der Waals surface area contributed by atoms with Gasteiger partial charge in [-0.2, -0.15) is 5.10 Å². The summed E-state index contributed by atoms with van der Waals surface area (Å²) in [7, 11) is 3.22. The Labute approximate surface area is 115 Å². The van der Waals surface area contributed by atoms with Crippen LogP contribution in [0.4, 0.5) is 11.4 Å². The van der Waals surface area contributed by atoms with E-state index in [1.165, 1.54) is 11.8 Å². The number of aromatic nitrogens is 2. The molecule has 0 aliphatic heterocycles. The van der Waals surface area contributed by atoms with E-state index in [0.717, 1.165) is 0 Å². The molecule has 0 bridgehead atoms. The summed E-state index contributed by atoms with van der Waals surface area (Å²) in [5.74, 6) is 0.168. The minimum absolute atomic E-state index is 0.154. The lowest BCUT2D eigenvalue weighted by atomic mass is 10.2. The van der Waals surface area contributed by atoms with Gasteiger partial charge in [0.1, 0.15) is 5.75 Å². The molecule has 7 heteroatoms. The Morgan fingerprint density at radius 3 is 2.84 bits per heavy atom. The van der Waals surface area contributed by atoms with Crippen LogP contribution in [0.5, 0.6) is 5.75 Å². The Kier molecular flexibility index (Phi) is 3.62. The molecule has 2 aromatic rings. The molecule has 1 aromatic heterocycles. The maximum atomic E-state index is 12.0.